The van der Waals surface area contributed by atoms with Crippen LogP contribution >= 0.6 is 0 Å². The highest BCUT2D eigenvalue weighted by molar-refractivity contribution is 5.73. The van der Waals surface area contributed by atoms with Crippen LogP contribution in [-0.2, 0) is 16.1 Å². The molecule has 1 atom stereocenters. The van der Waals surface area contributed by atoms with E-state index in [0.29, 0.717) is 25.6 Å². The Balaban J connectivity index is 2.74. The van der Waals surface area contributed by atoms with Gasteiger partial charge in [-0.05, 0) is 24.0 Å². The number of amides is 1. The van der Waals surface area contributed by atoms with Crippen LogP contribution in [0.4, 0.5) is 0 Å². The normalized spacial score (nSPS) is 12.5. The molecule has 0 heterocycles. The smallest absolute Gasteiger partial charge is 0.320 e. The SMILES string of the molecule is CC(=O)NCCN(Cc1ccc(C(C)C)cc1)C(C)C(=O)O. The highest BCUT2D eigenvalue weighted by atomic mass is 16.4. The fourth-order valence-corrected chi connectivity index (χ4v) is 2.18. The number of hydrogen-bond acceptors (Lipinski definition) is 3. The van der Waals surface area contributed by atoms with Crippen LogP contribution in [0.25, 0.3) is 0 Å². The third-order valence-corrected chi connectivity index (χ3v) is 3.71. The fraction of sp³-hybridized carbons (Fsp3) is 0.529. The maximum Gasteiger partial charge on any atom is 0.320 e. The maximum atomic E-state index is 11.2. The molecular weight excluding hydrogens is 280 g/mol. The summed E-state index contributed by atoms with van der Waals surface area (Å²) in [5.74, 6) is -0.492. The summed E-state index contributed by atoms with van der Waals surface area (Å²) in [7, 11) is 0. The van der Waals surface area contributed by atoms with E-state index in [-0.39, 0.29) is 5.91 Å². The molecule has 0 saturated heterocycles. The van der Waals surface area contributed by atoms with Gasteiger partial charge in [0, 0.05) is 26.6 Å². The molecular formula is C17H26N2O3. The second kappa shape index (κ2) is 8.54. The lowest BCUT2D eigenvalue weighted by atomic mass is 10.0. The Bertz CT molecular complexity index is 497. The maximum absolute atomic E-state index is 11.2. The molecule has 0 aliphatic heterocycles. The highest BCUT2D eigenvalue weighted by Crippen LogP contribution is 2.16. The average Bonchev–Trinajstić information content (AvgIpc) is 2.45. The number of carbonyl (C=O) groups excluding carboxylic acids is 1. The molecule has 5 heteroatoms. The number of rotatable bonds is 8. The Kier molecular flexibility index (Phi) is 7.05. The molecule has 0 aliphatic carbocycles. The van der Waals surface area contributed by atoms with Gasteiger partial charge in [-0.2, -0.15) is 0 Å². The summed E-state index contributed by atoms with van der Waals surface area (Å²) in [6, 6.07) is 7.64. The van der Waals surface area contributed by atoms with Gasteiger partial charge >= 0.3 is 5.97 Å². The van der Waals surface area contributed by atoms with E-state index in [1.807, 2.05) is 17.0 Å². The molecule has 1 unspecified atom stereocenters. The van der Waals surface area contributed by atoms with Crippen LogP contribution in [0, 0.1) is 0 Å². The van der Waals surface area contributed by atoms with Crippen molar-refractivity contribution in [1.82, 2.24) is 10.2 Å². The summed E-state index contributed by atoms with van der Waals surface area (Å²) < 4.78 is 0. The third kappa shape index (κ3) is 5.85. The van der Waals surface area contributed by atoms with Gasteiger partial charge in [-0.3, -0.25) is 14.5 Å². The zero-order valence-electron chi connectivity index (χ0n) is 13.8. The molecule has 0 aromatic heterocycles. The van der Waals surface area contributed by atoms with Crippen molar-refractivity contribution in [3.63, 3.8) is 0 Å². The molecule has 0 radical (unpaired) electrons. The van der Waals surface area contributed by atoms with Crippen LogP contribution in [0.3, 0.4) is 0 Å². The van der Waals surface area contributed by atoms with Crippen molar-refractivity contribution < 1.29 is 14.7 Å². The van der Waals surface area contributed by atoms with Gasteiger partial charge in [-0.1, -0.05) is 38.1 Å². The Morgan fingerprint density at radius 1 is 1.18 bits per heavy atom. The zero-order valence-corrected chi connectivity index (χ0v) is 13.8. The topological polar surface area (TPSA) is 69.6 Å². The van der Waals surface area contributed by atoms with E-state index in [1.165, 1.54) is 12.5 Å². The zero-order chi connectivity index (χ0) is 16.7. The first-order valence-electron chi connectivity index (χ1n) is 7.61. The molecule has 1 amide bonds. The summed E-state index contributed by atoms with van der Waals surface area (Å²) in [5.41, 5.74) is 2.33. The minimum absolute atomic E-state index is 0.107. The quantitative estimate of drug-likeness (QED) is 0.772. The first-order valence-corrected chi connectivity index (χ1v) is 7.61. The van der Waals surface area contributed by atoms with E-state index in [1.54, 1.807) is 6.92 Å². The number of nitrogens with zero attached hydrogens (tertiary/aromatic N) is 1. The molecule has 1 aromatic rings. The van der Waals surface area contributed by atoms with Crippen LogP contribution < -0.4 is 5.32 Å². The summed E-state index contributed by atoms with van der Waals surface area (Å²) in [6.07, 6.45) is 0. The van der Waals surface area contributed by atoms with Gasteiger partial charge in [0.2, 0.25) is 5.91 Å². The lowest BCUT2D eigenvalue weighted by molar-refractivity contribution is -0.142. The van der Waals surface area contributed by atoms with Crippen LogP contribution in [0.15, 0.2) is 24.3 Å². The van der Waals surface area contributed by atoms with Gasteiger partial charge in [-0.15, -0.1) is 0 Å². The largest absolute Gasteiger partial charge is 0.480 e. The van der Waals surface area contributed by atoms with Gasteiger partial charge in [0.05, 0.1) is 0 Å². The van der Waals surface area contributed by atoms with E-state index < -0.39 is 12.0 Å². The second-order valence-corrected chi connectivity index (χ2v) is 5.86. The summed E-state index contributed by atoms with van der Waals surface area (Å²) in [4.78, 5) is 24.0. The number of carboxylic acids is 1. The molecule has 22 heavy (non-hydrogen) atoms. The molecule has 0 fully saturated rings. The molecule has 2 N–H and O–H groups in total. The molecule has 1 aromatic carbocycles. The molecule has 5 nitrogen and oxygen atoms in total. The van der Waals surface area contributed by atoms with Crippen molar-refractivity contribution in [1.29, 1.82) is 0 Å². The van der Waals surface area contributed by atoms with E-state index >= 15 is 0 Å². The van der Waals surface area contributed by atoms with Gasteiger partial charge < -0.3 is 10.4 Å². The van der Waals surface area contributed by atoms with Crippen molar-refractivity contribution in [3.05, 3.63) is 35.4 Å². The van der Waals surface area contributed by atoms with Crippen LogP contribution in [-0.4, -0.2) is 41.0 Å². The van der Waals surface area contributed by atoms with Gasteiger partial charge in [0.1, 0.15) is 6.04 Å². The van der Waals surface area contributed by atoms with Crippen molar-refractivity contribution in [3.8, 4) is 0 Å². The van der Waals surface area contributed by atoms with Gasteiger partial charge in [0.25, 0.3) is 0 Å². The number of nitrogens with one attached hydrogen (secondary N) is 1. The Morgan fingerprint density at radius 3 is 2.23 bits per heavy atom. The summed E-state index contributed by atoms with van der Waals surface area (Å²) in [6.45, 7) is 8.89. The second-order valence-electron chi connectivity index (χ2n) is 5.86. The average molecular weight is 306 g/mol. The van der Waals surface area contributed by atoms with E-state index in [2.05, 4.69) is 31.3 Å². The lowest BCUT2D eigenvalue weighted by Crippen LogP contribution is -2.42. The predicted octanol–water partition coefficient (Wildman–Crippen LogP) is 2.22. The lowest BCUT2D eigenvalue weighted by Gasteiger charge is -2.26. The molecule has 1 rings (SSSR count). The van der Waals surface area contributed by atoms with Crippen molar-refractivity contribution in [2.75, 3.05) is 13.1 Å². The first kappa shape index (κ1) is 18.2. The Hall–Kier alpha value is -1.88. The monoisotopic (exact) mass is 306 g/mol. The highest BCUT2D eigenvalue weighted by Gasteiger charge is 2.20. The third-order valence-electron chi connectivity index (χ3n) is 3.71. The first-order chi connectivity index (χ1) is 10.3. The molecule has 122 valence electrons. The van der Waals surface area contributed by atoms with Gasteiger partial charge in [0.15, 0.2) is 0 Å². The Labute approximate surface area is 132 Å². The molecule has 0 aliphatic rings. The van der Waals surface area contributed by atoms with Crippen LogP contribution in [0.1, 0.15) is 44.7 Å². The van der Waals surface area contributed by atoms with Crippen LogP contribution in [0.2, 0.25) is 0 Å². The summed E-state index contributed by atoms with van der Waals surface area (Å²) in [5, 5.41) is 11.9. The van der Waals surface area contributed by atoms with E-state index in [4.69, 9.17) is 0 Å². The minimum Gasteiger partial charge on any atom is -0.480 e. The van der Waals surface area contributed by atoms with Crippen LogP contribution in [0.5, 0.6) is 0 Å². The fourth-order valence-electron chi connectivity index (χ4n) is 2.18. The van der Waals surface area contributed by atoms with Gasteiger partial charge in [-0.25, -0.2) is 0 Å². The van der Waals surface area contributed by atoms with Crippen molar-refractivity contribution >= 4 is 11.9 Å². The number of carboxylic acid groups (broad SMARTS) is 1. The number of aliphatic carboxylic acids is 1. The van der Waals surface area contributed by atoms with Crippen molar-refractivity contribution in [2.24, 2.45) is 0 Å². The van der Waals surface area contributed by atoms with E-state index in [0.717, 1.165) is 5.56 Å². The Morgan fingerprint density at radius 2 is 1.77 bits per heavy atom. The molecule has 0 spiro atoms. The molecule has 0 saturated carbocycles. The number of carbonyl (C=O) groups is 2. The molecule has 0 bridgehead atoms. The minimum atomic E-state index is -0.860. The van der Waals surface area contributed by atoms with Crippen molar-refractivity contribution in [2.45, 2.75) is 46.2 Å². The predicted molar refractivity (Wildman–Crippen MR) is 86.7 cm³/mol. The number of benzene rings is 1. The standard InChI is InChI=1S/C17H26N2O3/c1-12(2)16-7-5-15(6-8-16)11-19(13(3)17(21)22)10-9-18-14(4)20/h5-8,12-13H,9-11H2,1-4H3,(H,18,20)(H,21,22). The van der Waals surface area contributed by atoms with E-state index in [9.17, 15) is 14.7 Å². The summed E-state index contributed by atoms with van der Waals surface area (Å²) >= 11 is 0. The number of hydrogen-bond donors (Lipinski definition) is 2.